The largest absolute Gasteiger partial charge is 0.508 e. The van der Waals surface area contributed by atoms with Gasteiger partial charge in [0.1, 0.15) is 5.75 Å². The monoisotopic (exact) mass is 286 g/mol. The number of ether oxygens (including phenoxy) is 1. The van der Waals surface area contributed by atoms with Crippen molar-refractivity contribution in [2.24, 2.45) is 0 Å². The van der Waals surface area contributed by atoms with Crippen LogP contribution in [0.3, 0.4) is 0 Å². The molecule has 0 spiro atoms. The predicted octanol–water partition coefficient (Wildman–Crippen LogP) is 2.82. The normalized spacial score (nSPS) is 9.76. The number of anilines is 2. The molecule has 0 saturated heterocycles. The minimum atomic E-state index is -0.484. The van der Waals surface area contributed by atoms with E-state index in [1.807, 2.05) is 0 Å². The van der Waals surface area contributed by atoms with Crippen molar-refractivity contribution in [3.63, 3.8) is 0 Å². The summed E-state index contributed by atoms with van der Waals surface area (Å²) in [6.07, 6.45) is 0. The molecule has 2 aromatic rings. The molecule has 21 heavy (non-hydrogen) atoms. The van der Waals surface area contributed by atoms with Crippen molar-refractivity contribution in [3.05, 3.63) is 54.1 Å². The van der Waals surface area contributed by atoms with Crippen LogP contribution in [0.15, 0.2) is 48.5 Å². The molecule has 0 aliphatic carbocycles. The average Bonchev–Trinajstić information content (AvgIpc) is 2.46. The number of carbonyl (C=O) groups excluding carboxylic acids is 2. The molecule has 2 rings (SSSR count). The maximum Gasteiger partial charge on any atom is 0.337 e. The van der Waals surface area contributed by atoms with Crippen molar-refractivity contribution in [2.75, 3.05) is 17.7 Å². The van der Waals surface area contributed by atoms with E-state index in [4.69, 9.17) is 0 Å². The number of esters is 1. The lowest BCUT2D eigenvalue weighted by Crippen LogP contribution is -2.19. The Morgan fingerprint density at radius 1 is 1.00 bits per heavy atom. The first-order valence-electron chi connectivity index (χ1n) is 6.14. The highest BCUT2D eigenvalue weighted by molar-refractivity contribution is 6.00. The van der Waals surface area contributed by atoms with Gasteiger partial charge in [0.05, 0.1) is 12.7 Å². The predicted molar refractivity (Wildman–Crippen MR) is 78.5 cm³/mol. The number of phenols is 1. The van der Waals surface area contributed by atoms with E-state index in [2.05, 4.69) is 15.4 Å². The van der Waals surface area contributed by atoms with Crippen molar-refractivity contribution < 1.29 is 19.4 Å². The first-order chi connectivity index (χ1) is 10.1. The zero-order valence-electron chi connectivity index (χ0n) is 11.3. The fourth-order valence-electron chi connectivity index (χ4n) is 1.72. The summed E-state index contributed by atoms with van der Waals surface area (Å²) in [5.74, 6) is -0.424. The number of nitrogens with one attached hydrogen (secondary N) is 2. The van der Waals surface area contributed by atoms with Crippen LogP contribution in [0.5, 0.6) is 5.75 Å². The molecule has 6 nitrogen and oxygen atoms in total. The lowest BCUT2D eigenvalue weighted by Gasteiger charge is -2.08. The van der Waals surface area contributed by atoms with Gasteiger partial charge in [-0.25, -0.2) is 9.59 Å². The van der Waals surface area contributed by atoms with Gasteiger partial charge >= 0.3 is 12.0 Å². The molecule has 0 bridgehead atoms. The Balaban J connectivity index is 2.04. The summed E-state index contributed by atoms with van der Waals surface area (Å²) in [6, 6.07) is 12.1. The highest BCUT2D eigenvalue weighted by atomic mass is 16.5. The highest BCUT2D eigenvalue weighted by Gasteiger charge is 2.08. The van der Waals surface area contributed by atoms with Crippen molar-refractivity contribution in [2.45, 2.75) is 0 Å². The molecule has 2 aromatic carbocycles. The molecule has 108 valence electrons. The summed E-state index contributed by atoms with van der Waals surface area (Å²) in [7, 11) is 1.29. The molecule has 0 radical (unpaired) electrons. The zero-order valence-corrected chi connectivity index (χ0v) is 11.3. The molecule has 0 heterocycles. The Labute approximate surface area is 121 Å². The third kappa shape index (κ3) is 3.97. The standard InChI is InChI=1S/C15H14N2O4/c1-21-14(19)10-4-2-5-11(8-10)16-15(20)17-12-6-3-7-13(18)9-12/h2-9,18H,1H3,(H2,16,17,20). The summed E-state index contributed by atoms with van der Waals surface area (Å²) in [5.41, 5.74) is 1.25. The fraction of sp³-hybridized carbons (Fsp3) is 0.0667. The van der Waals surface area contributed by atoms with Crippen LogP contribution in [-0.4, -0.2) is 24.2 Å². The molecule has 3 N–H and O–H groups in total. The number of rotatable bonds is 3. The summed E-state index contributed by atoms with van der Waals surface area (Å²) in [4.78, 5) is 23.2. The molecule has 6 heteroatoms. The number of amides is 2. The van der Waals surface area contributed by atoms with Crippen LogP contribution >= 0.6 is 0 Å². The molecule has 0 unspecified atom stereocenters. The second kappa shape index (κ2) is 6.42. The minimum absolute atomic E-state index is 0.0560. The molecule has 0 atom stereocenters. The average molecular weight is 286 g/mol. The number of urea groups is 1. The van der Waals surface area contributed by atoms with E-state index in [0.29, 0.717) is 16.9 Å². The van der Waals surface area contributed by atoms with Gasteiger partial charge in [0.25, 0.3) is 0 Å². The zero-order chi connectivity index (χ0) is 15.2. The highest BCUT2D eigenvalue weighted by Crippen LogP contribution is 2.16. The number of benzene rings is 2. The van der Waals surface area contributed by atoms with E-state index in [0.717, 1.165) is 0 Å². The number of carbonyl (C=O) groups is 2. The van der Waals surface area contributed by atoms with Gasteiger partial charge in [0.15, 0.2) is 0 Å². The Morgan fingerprint density at radius 2 is 1.62 bits per heavy atom. The van der Waals surface area contributed by atoms with Gasteiger partial charge < -0.3 is 20.5 Å². The van der Waals surface area contributed by atoms with Gasteiger partial charge in [-0.1, -0.05) is 12.1 Å². The Kier molecular flexibility index (Phi) is 4.40. The van der Waals surface area contributed by atoms with E-state index in [-0.39, 0.29) is 5.75 Å². The van der Waals surface area contributed by atoms with Crippen LogP contribution in [0, 0.1) is 0 Å². The molecule has 2 amide bonds. The number of methoxy groups -OCH3 is 1. The van der Waals surface area contributed by atoms with Crippen molar-refractivity contribution in [1.29, 1.82) is 0 Å². The smallest absolute Gasteiger partial charge is 0.337 e. The van der Waals surface area contributed by atoms with Crippen LogP contribution < -0.4 is 10.6 Å². The topological polar surface area (TPSA) is 87.7 Å². The van der Waals surface area contributed by atoms with Gasteiger partial charge in [-0.3, -0.25) is 0 Å². The molecular formula is C15H14N2O4. The maximum atomic E-state index is 11.8. The van der Waals surface area contributed by atoms with Gasteiger partial charge in [0.2, 0.25) is 0 Å². The third-order valence-electron chi connectivity index (χ3n) is 2.65. The van der Waals surface area contributed by atoms with E-state index in [1.54, 1.807) is 30.3 Å². The SMILES string of the molecule is COC(=O)c1cccc(NC(=O)Nc2cccc(O)c2)c1. The minimum Gasteiger partial charge on any atom is -0.508 e. The van der Waals surface area contributed by atoms with Crippen LogP contribution in [0.1, 0.15) is 10.4 Å². The second-order valence-electron chi connectivity index (χ2n) is 4.20. The van der Waals surface area contributed by atoms with E-state index in [1.165, 1.54) is 25.3 Å². The number of phenolic OH excluding ortho intramolecular Hbond substituents is 1. The lowest BCUT2D eigenvalue weighted by atomic mass is 10.2. The number of hydrogen-bond acceptors (Lipinski definition) is 4. The Morgan fingerprint density at radius 3 is 2.24 bits per heavy atom. The fourth-order valence-corrected chi connectivity index (χ4v) is 1.72. The Hall–Kier alpha value is -3.02. The molecule has 0 aliphatic heterocycles. The van der Waals surface area contributed by atoms with Crippen LogP contribution in [-0.2, 0) is 4.74 Å². The van der Waals surface area contributed by atoms with Gasteiger partial charge in [-0.05, 0) is 30.3 Å². The molecule has 0 saturated carbocycles. The third-order valence-corrected chi connectivity index (χ3v) is 2.65. The molecule has 0 fully saturated rings. The summed E-state index contributed by atoms with van der Waals surface area (Å²) < 4.78 is 4.61. The van der Waals surface area contributed by atoms with Crippen molar-refractivity contribution in [1.82, 2.24) is 0 Å². The maximum absolute atomic E-state index is 11.8. The molecule has 0 aromatic heterocycles. The van der Waals surface area contributed by atoms with Crippen LogP contribution in [0.2, 0.25) is 0 Å². The van der Waals surface area contributed by atoms with Crippen LogP contribution in [0.4, 0.5) is 16.2 Å². The molecular weight excluding hydrogens is 272 g/mol. The quantitative estimate of drug-likeness (QED) is 0.757. The Bertz CT molecular complexity index is 670. The van der Waals surface area contributed by atoms with Gasteiger partial charge in [0, 0.05) is 17.4 Å². The van der Waals surface area contributed by atoms with Crippen LogP contribution in [0.25, 0.3) is 0 Å². The summed E-state index contributed by atoms with van der Waals surface area (Å²) in [5, 5.41) is 14.5. The summed E-state index contributed by atoms with van der Waals surface area (Å²) in [6.45, 7) is 0. The number of aromatic hydroxyl groups is 1. The van der Waals surface area contributed by atoms with Gasteiger partial charge in [-0.15, -0.1) is 0 Å². The molecule has 0 aliphatic rings. The van der Waals surface area contributed by atoms with Gasteiger partial charge in [-0.2, -0.15) is 0 Å². The lowest BCUT2D eigenvalue weighted by molar-refractivity contribution is 0.0600. The number of hydrogen-bond donors (Lipinski definition) is 3. The van der Waals surface area contributed by atoms with Crippen molar-refractivity contribution in [3.8, 4) is 5.75 Å². The first kappa shape index (κ1) is 14.4. The first-order valence-corrected chi connectivity index (χ1v) is 6.14. The van der Waals surface area contributed by atoms with Crippen molar-refractivity contribution >= 4 is 23.4 Å². The summed E-state index contributed by atoms with van der Waals surface area (Å²) >= 11 is 0. The second-order valence-corrected chi connectivity index (χ2v) is 4.20. The van der Waals surface area contributed by atoms with E-state index < -0.39 is 12.0 Å². The van der Waals surface area contributed by atoms with E-state index >= 15 is 0 Å². The van der Waals surface area contributed by atoms with E-state index in [9.17, 15) is 14.7 Å².